The van der Waals surface area contributed by atoms with E-state index in [1.54, 1.807) is 6.92 Å². The molecule has 0 saturated carbocycles. The Bertz CT molecular complexity index is 556. The predicted molar refractivity (Wildman–Crippen MR) is 85.4 cm³/mol. The average molecular weight is 295 g/mol. The van der Waals surface area contributed by atoms with Crippen molar-refractivity contribution < 1.29 is 12.7 Å². The Labute approximate surface area is 121 Å². The highest BCUT2D eigenvalue weighted by atomic mass is 32.2. The van der Waals surface area contributed by atoms with Crippen molar-refractivity contribution in [3.05, 3.63) is 48.5 Å². The van der Waals surface area contributed by atoms with E-state index in [0.717, 1.165) is 6.26 Å². The van der Waals surface area contributed by atoms with Crippen molar-refractivity contribution in [3.8, 4) is 0 Å². The van der Waals surface area contributed by atoms with Gasteiger partial charge in [0, 0.05) is 6.21 Å². The van der Waals surface area contributed by atoms with Crippen LogP contribution in [0.4, 0.5) is 0 Å². The molecule has 4 nitrogen and oxygen atoms in total. The van der Waals surface area contributed by atoms with Crippen LogP contribution in [-0.2, 0) is 14.4 Å². The second-order valence-electron chi connectivity index (χ2n) is 3.49. The van der Waals surface area contributed by atoms with Gasteiger partial charge in [-0.1, -0.05) is 67.5 Å². The Kier molecular flexibility index (Phi) is 9.04. The lowest BCUT2D eigenvalue weighted by atomic mass is 10.1. The molecule has 2 aromatic carbocycles. The van der Waals surface area contributed by atoms with Crippen molar-refractivity contribution in [2.24, 2.45) is 5.16 Å². The third kappa shape index (κ3) is 8.26. The minimum Gasteiger partial charge on any atom is -0.269 e. The molecule has 0 aliphatic rings. The summed E-state index contributed by atoms with van der Waals surface area (Å²) in [5.74, 6) is 0. The van der Waals surface area contributed by atoms with E-state index in [2.05, 4.69) is 58.0 Å². The molecule has 2 aromatic rings. The van der Waals surface area contributed by atoms with Gasteiger partial charge >= 0.3 is 10.1 Å². The summed E-state index contributed by atoms with van der Waals surface area (Å²) in [5, 5.41) is 5.65. The fraction of sp³-hybridized carbons (Fsp3) is 0.267. The topological polar surface area (TPSA) is 55.7 Å². The molecule has 0 radical (unpaired) electrons. The van der Waals surface area contributed by atoms with E-state index in [-0.39, 0.29) is 0 Å². The molecule has 5 heteroatoms. The molecule has 20 heavy (non-hydrogen) atoms. The fourth-order valence-corrected chi connectivity index (χ4v) is 1.50. The van der Waals surface area contributed by atoms with Crippen LogP contribution in [0.2, 0.25) is 0 Å². The molecule has 0 N–H and O–H groups in total. The third-order valence-corrected chi connectivity index (χ3v) is 2.30. The lowest BCUT2D eigenvalue weighted by Gasteiger charge is -1.92. The van der Waals surface area contributed by atoms with Gasteiger partial charge in [-0.2, -0.15) is 8.42 Å². The van der Waals surface area contributed by atoms with Gasteiger partial charge in [0.1, 0.15) is 0 Å². The molecule has 0 aromatic heterocycles. The van der Waals surface area contributed by atoms with Crippen LogP contribution in [0.15, 0.2) is 53.7 Å². The van der Waals surface area contributed by atoms with Crippen LogP contribution in [-0.4, -0.2) is 20.9 Å². The standard InChI is InChI=1S/C10H8.C3H7NO3S.C2H6/c1-2-6-10-8-4-3-7-9(10)5-1;1-3-4-7-8(2,5)6;1-2/h1-8H;3H,1-2H3;1-2H3. The van der Waals surface area contributed by atoms with Crippen LogP contribution in [0.5, 0.6) is 0 Å². The van der Waals surface area contributed by atoms with Gasteiger partial charge < -0.3 is 0 Å². The monoisotopic (exact) mass is 295 g/mol. The van der Waals surface area contributed by atoms with E-state index in [4.69, 9.17) is 0 Å². The zero-order chi connectivity index (χ0) is 15.4. The van der Waals surface area contributed by atoms with Gasteiger partial charge in [-0.3, -0.25) is 4.28 Å². The van der Waals surface area contributed by atoms with Crippen molar-refractivity contribution in [2.45, 2.75) is 20.8 Å². The second-order valence-corrected chi connectivity index (χ2v) is 5.05. The summed E-state index contributed by atoms with van der Waals surface area (Å²) in [4.78, 5) is 0. The molecule has 0 bridgehead atoms. The summed E-state index contributed by atoms with van der Waals surface area (Å²) >= 11 is 0. The highest BCUT2D eigenvalue weighted by Crippen LogP contribution is 2.11. The van der Waals surface area contributed by atoms with E-state index in [1.165, 1.54) is 17.0 Å². The summed E-state index contributed by atoms with van der Waals surface area (Å²) in [5.41, 5.74) is 0. The number of benzene rings is 2. The number of rotatable bonds is 2. The molecule has 0 unspecified atom stereocenters. The first-order valence-corrected chi connectivity index (χ1v) is 8.15. The van der Waals surface area contributed by atoms with Gasteiger partial charge in [0.2, 0.25) is 0 Å². The second kappa shape index (κ2) is 9.97. The summed E-state index contributed by atoms with van der Waals surface area (Å²) in [6, 6.07) is 16.7. The summed E-state index contributed by atoms with van der Waals surface area (Å²) in [6.45, 7) is 5.56. The van der Waals surface area contributed by atoms with Crippen LogP contribution in [0.3, 0.4) is 0 Å². The third-order valence-electron chi connectivity index (χ3n) is 1.94. The predicted octanol–water partition coefficient (Wildman–Crippen LogP) is 3.83. The van der Waals surface area contributed by atoms with Crippen LogP contribution in [0.25, 0.3) is 10.8 Å². The number of nitrogens with zero attached hydrogens (tertiary/aromatic N) is 1. The highest BCUT2D eigenvalue weighted by molar-refractivity contribution is 7.85. The SMILES string of the molecule is CC.CC=NOS(C)(=O)=O.c1ccc2ccccc2c1. The van der Waals surface area contributed by atoms with Crippen LogP contribution in [0.1, 0.15) is 20.8 Å². The Morgan fingerprint density at radius 2 is 1.30 bits per heavy atom. The molecule has 2 rings (SSSR count). The van der Waals surface area contributed by atoms with Gasteiger partial charge in [-0.15, -0.1) is 0 Å². The van der Waals surface area contributed by atoms with Gasteiger partial charge in [0.25, 0.3) is 0 Å². The Hall–Kier alpha value is -1.88. The molecule has 0 heterocycles. The smallest absolute Gasteiger partial charge is 0.269 e. The highest BCUT2D eigenvalue weighted by Gasteiger charge is 1.95. The maximum Gasteiger partial charge on any atom is 0.325 e. The molecule has 0 fully saturated rings. The quantitative estimate of drug-likeness (QED) is 0.625. The summed E-state index contributed by atoms with van der Waals surface area (Å²) in [6.07, 6.45) is 2.18. The molecule has 0 aliphatic heterocycles. The normalized spacial score (nSPS) is 10.2. The van der Waals surface area contributed by atoms with Crippen molar-refractivity contribution in [1.29, 1.82) is 0 Å². The molecule has 0 spiro atoms. The molecule has 0 amide bonds. The Morgan fingerprint density at radius 3 is 1.50 bits per heavy atom. The molecule has 0 saturated heterocycles. The van der Waals surface area contributed by atoms with E-state index in [9.17, 15) is 8.42 Å². The van der Waals surface area contributed by atoms with Crippen LogP contribution in [0, 0.1) is 0 Å². The van der Waals surface area contributed by atoms with Crippen LogP contribution >= 0.6 is 0 Å². The van der Waals surface area contributed by atoms with E-state index in [1.807, 2.05) is 13.8 Å². The van der Waals surface area contributed by atoms with E-state index < -0.39 is 10.1 Å². The zero-order valence-corrected chi connectivity index (χ0v) is 13.1. The minimum atomic E-state index is -3.38. The van der Waals surface area contributed by atoms with Gasteiger partial charge in [0.15, 0.2) is 0 Å². The molecule has 110 valence electrons. The van der Waals surface area contributed by atoms with Gasteiger partial charge in [0.05, 0.1) is 6.26 Å². The number of hydrogen-bond acceptors (Lipinski definition) is 4. The summed E-state index contributed by atoms with van der Waals surface area (Å²) < 4.78 is 24.0. The van der Waals surface area contributed by atoms with Crippen molar-refractivity contribution in [1.82, 2.24) is 0 Å². The maximum absolute atomic E-state index is 10.1. The maximum atomic E-state index is 10.1. The lowest BCUT2D eigenvalue weighted by Crippen LogP contribution is -1.95. The zero-order valence-electron chi connectivity index (χ0n) is 12.3. The molecular formula is C15H21NO3S. The van der Waals surface area contributed by atoms with Crippen molar-refractivity contribution >= 4 is 27.1 Å². The van der Waals surface area contributed by atoms with Gasteiger partial charge in [-0.05, 0) is 17.7 Å². The summed E-state index contributed by atoms with van der Waals surface area (Å²) in [7, 11) is -3.38. The Balaban J connectivity index is 0.000000330. The van der Waals surface area contributed by atoms with Gasteiger partial charge in [-0.25, -0.2) is 0 Å². The van der Waals surface area contributed by atoms with E-state index >= 15 is 0 Å². The number of fused-ring (bicyclic) bond motifs is 1. The largest absolute Gasteiger partial charge is 0.325 e. The first kappa shape index (κ1) is 18.1. The molecule has 0 aliphatic carbocycles. The number of hydrogen-bond donors (Lipinski definition) is 0. The number of oxime groups is 1. The Morgan fingerprint density at radius 1 is 0.950 bits per heavy atom. The molecular weight excluding hydrogens is 274 g/mol. The van der Waals surface area contributed by atoms with E-state index in [0.29, 0.717) is 0 Å². The fourth-order valence-electron chi connectivity index (χ4n) is 1.25. The molecule has 0 atom stereocenters. The minimum absolute atomic E-state index is 0.931. The van der Waals surface area contributed by atoms with Crippen molar-refractivity contribution in [3.63, 3.8) is 0 Å². The van der Waals surface area contributed by atoms with Crippen molar-refractivity contribution in [2.75, 3.05) is 6.26 Å². The lowest BCUT2D eigenvalue weighted by molar-refractivity contribution is 0.345. The first-order chi connectivity index (χ1) is 9.53. The first-order valence-electron chi connectivity index (χ1n) is 6.33. The average Bonchev–Trinajstić information content (AvgIpc) is 2.47. The van der Waals surface area contributed by atoms with Crippen LogP contribution < -0.4 is 0 Å².